The molecule has 1 amide bonds. The topological polar surface area (TPSA) is 70.2 Å². The third-order valence-corrected chi connectivity index (χ3v) is 6.56. The fourth-order valence-electron chi connectivity index (χ4n) is 4.47. The molecule has 1 saturated carbocycles. The number of carbonyl (C=O) groups excluding carboxylic acids is 1. The van der Waals surface area contributed by atoms with Crippen molar-refractivity contribution < 1.29 is 4.79 Å². The van der Waals surface area contributed by atoms with Gasteiger partial charge in [-0.2, -0.15) is 0 Å². The molecule has 3 aliphatic rings. The Morgan fingerprint density at radius 2 is 2.08 bits per heavy atom. The number of anilines is 1. The smallest absolute Gasteiger partial charge is 0.226 e. The highest BCUT2D eigenvalue weighted by molar-refractivity contribution is 5.82. The summed E-state index contributed by atoms with van der Waals surface area (Å²) in [6.07, 6.45) is 7.04. The zero-order chi connectivity index (χ0) is 18.1. The second-order valence-electron chi connectivity index (χ2n) is 8.52. The molecule has 0 spiro atoms. The van der Waals surface area contributed by atoms with Crippen LogP contribution < -0.4 is 15.5 Å². The summed E-state index contributed by atoms with van der Waals surface area (Å²) in [5.41, 5.74) is 0.851. The van der Waals surface area contributed by atoms with E-state index < -0.39 is 0 Å². The highest BCUT2D eigenvalue weighted by Gasteiger charge is 2.45. The molecule has 3 heterocycles. The van der Waals surface area contributed by atoms with E-state index in [0.717, 1.165) is 62.9 Å². The van der Waals surface area contributed by atoms with Crippen LogP contribution >= 0.6 is 0 Å². The molecule has 2 atom stereocenters. The molecule has 6 nitrogen and oxygen atoms in total. The van der Waals surface area contributed by atoms with Gasteiger partial charge in [-0.1, -0.05) is 13.8 Å². The first-order chi connectivity index (χ1) is 12.6. The average molecular weight is 358 g/mol. The molecule has 4 rings (SSSR count). The molecule has 2 N–H and O–H groups in total. The number of amides is 1. The van der Waals surface area contributed by atoms with E-state index in [2.05, 4.69) is 45.4 Å². The standard InChI is InChI=1S/C20H31N5O/c1-3-15-10-18(23-13-22-15)25-11-16(14-4-5-14)17(12-25)24-19(26)20(2)6-8-21-9-7-20/h10,13-14,16-17,21H,3-9,11-12H2,1-2H3,(H,24,26)/t16-,17+/m1/s1. The van der Waals surface area contributed by atoms with Crippen LogP contribution in [0.15, 0.2) is 12.4 Å². The summed E-state index contributed by atoms with van der Waals surface area (Å²) in [5.74, 6) is 2.56. The average Bonchev–Trinajstić information content (AvgIpc) is 3.43. The van der Waals surface area contributed by atoms with Gasteiger partial charge < -0.3 is 15.5 Å². The Labute approximate surface area is 156 Å². The molecule has 6 heteroatoms. The van der Waals surface area contributed by atoms with Crippen LogP contribution in [0.25, 0.3) is 0 Å². The van der Waals surface area contributed by atoms with E-state index in [1.807, 2.05) is 0 Å². The summed E-state index contributed by atoms with van der Waals surface area (Å²) < 4.78 is 0. The lowest BCUT2D eigenvalue weighted by atomic mass is 9.79. The van der Waals surface area contributed by atoms with Crippen molar-refractivity contribution in [3.63, 3.8) is 0 Å². The van der Waals surface area contributed by atoms with Gasteiger partial charge in [0.25, 0.3) is 0 Å². The van der Waals surface area contributed by atoms with Crippen LogP contribution in [0, 0.1) is 17.3 Å². The van der Waals surface area contributed by atoms with Gasteiger partial charge in [0.2, 0.25) is 5.91 Å². The monoisotopic (exact) mass is 357 g/mol. The van der Waals surface area contributed by atoms with Crippen LogP contribution in [0.2, 0.25) is 0 Å². The van der Waals surface area contributed by atoms with Crippen molar-refractivity contribution in [3.05, 3.63) is 18.1 Å². The summed E-state index contributed by atoms with van der Waals surface area (Å²) in [6, 6.07) is 2.34. The molecule has 1 aromatic heterocycles. The normalized spacial score (nSPS) is 28.2. The Bertz CT molecular complexity index is 653. The second kappa shape index (κ2) is 7.14. The van der Waals surface area contributed by atoms with Crippen LogP contribution in [0.3, 0.4) is 0 Å². The third kappa shape index (κ3) is 3.56. The van der Waals surface area contributed by atoms with E-state index in [1.54, 1.807) is 6.33 Å². The minimum atomic E-state index is -0.225. The Hall–Kier alpha value is -1.69. The van der Waals surface area contributed by atoms with Gasteiger partial charge in [-0.3, -0.25) is 4.79 Å². The number of hydrogen-bond acceptors (Lipinski definition) is 5. The van der Waals surface area contributed by atoms with Gasteiger partial charge in [-0.25, -0.2) is 9.97 Å². The lowest BCUT2D eigenvalue weighted by Crippen LogP contribution is -2.51. The maximum absolute atomic E-state index is 13.0. The van der Waals surface area contributed by atoms with Gasteiger partial charge in [0.05, 0.1) is 6.04 Å². The Kier molecular flexibility index (Phi) is 4.86. The largest absolute Gasteiger partial charge is 0.354 e. The van der Waals surface area contributed by atoms with Crippen LogP contribution in [0.5, 0.6) is 0 Å². The molecular formula is C20H31N5O. The summed E-state index contributed by atoms with van der Waals surface area (Å²) >= 11 is 0. The number of piperidine rings is 1. The molecular weight excluding hydrogens is 326 g/mol. The van der Waals surface area contributed by atoms with Crippen molar-refractivity contribution in [2.45, 2.75) is 52.0 Å². The molecule has 0 unspecified atom stereocenters. The first-order valence-electron chi connectivity index (χ1n) is 10.2. The van der Waals surface area contributed by atoms with E-state index >= 15 is 0 Å². The maximum Gasteiger partial charge on any atom is 0.226 e. The molecule has 1 aliphatic carbocycles. The SMILES string of the molecule is CCc1cc(N2C[C@H](NC(=O)C3(C)CCNCC3)[C@@H](C3CC3)C2)ncn1. The molecule has 3 fully saturated rings. The van der Waals surface area contributed by atoms with Crippen molar-refractivity contribution in [2.24, 2.45) is 17.3 Å². The molecule has 1 aromatic rings. The first-order valence-corrected chi connectivity index (χ1v) is 10.2. The number of nitrogens with zero attached hydrogens (tertiary/aromatic N) is 3. The second-order valence-corrected chi connectivity index (χ2v) is 8.52. The number of aryl methyl sites for hydroxylation is 1. The van der Waals surface area contributed by atoms with E-state index in [0.29, 0.717) is 5.92 Å². The van der Waals surface area contributed by atoms with Gasteiger partial charge in [-0.15, -0.1) is 0 Å². The third-order valence-electron chi connectivity index (χ3n) is 6.56. The predicted octanol–water partition coefficient (Wildman–Crippen LogP) is 1.76. The fourth-order valence-corrected chi connectivity index (χ4v) is 4.47. The Morgan fingerprint density at radius 3 is 2.77 bits per heavy atom. The van der Waals surface area contributed by atoms with Gasteiger partial charge in [0.15, 0.2) is 0 Å². The summed E-state index contributed by atoms with van der Waals surface area (Å²) in [6.45, 7) is 7.97. The number of nitrogens with one attached hydrogen (secondary N) is 2. The van der Waals surface area contributed by atoms with Gasteiger partial charge in [-0.05, 0) is 51.1 Å². The van der Waals surface area contributed by atoms with Crippen LogP contribution in [-0.4, -0.2) is 48.1 Å². The van der Waals surface area contributed by atoms with Gasteiger partial charge in [0, 0.05) is 36.2 Å². The van der Waals surface area contributed by atoms with Crippen LogP contribution in [0.1, 0.15) is 45.2 Å². The summed E-state index contributed by atoms with van der Waals surface area (Å²) in [7, 11) is 0. The lowest BCUT2D eigenvalue weighted by molar-refractivity contribution is -0.132. The van der Waals surface area contributed by atoms with Crippen LogP contribution in [-0.2, 0) is 11.2 Å². The molecule has 26 heavy (non-hydrogen) atoms. The lowest BCUT2D eigenvalue weighted by Gasteiger charge is -2.34. The van der Waals surface area contributed by atoms with Crippen molar-refractivity contribution in [2.75, 3.05) is 31.1 Å². The van der Waals surface area contributed by atoms with Crippen molar-refractivity contribution >= 4 is 11.7 Å². The zero-order valence-electron chi connectivity index (χ0n) is 16.0. The zero-order valence-corrected chi connectivity index (χ0v) is 16.0. The van der Waals surface area contributed by atoms with Gasteiger partial charge >= 0.3 is 0 Å². The van der Waals surface area contributed by atoms with E-state index in [4.69, 9.17) is 0 Å². The minimum absolute atomic E-state index is 0.225. The maximum atomic E-state index is 13.0. The molecule has 0 aromatic carbocycles. The number of carbonyl (C=O) groups is 1. The van der Waals surface area contributed by atoms with Crippen LogP contribution in [0.4, 0.5) is 5.82 Å². The molecule has 142 valence electrons. The Balaban J connectivity index is 1.47. The highest BCUT2D eigenvalue weighted by Crippen LogP contribution is 2.42. The van der Waals surface area contributed by atoms with E-state index in [-0.39, 0.29) is 17.4 Å². The number of hydrogen-bond donors (Lipinski definition) is 2. The van der Waals surface area contributed by atoms with E-state index in [1.165, 1.54) is 12.8 Å². The van der Waals surface area contributed by atoms with Crippen molar-refractivity contribution in [1.82, 2.24) is 20.6 Å². The summed E-state index contributed by atoms with van der Waals surface area (Å²) in [4.78, 5) is 24.2. The number of rotatable bonds is 5. The first kappa shape index (κ1) is 17.7. The predicted molar refractivity (Wildman–Crippen MR) is 102 cm³/mol. The Morgan fingerprint density at radius 1 is 1.31 bits per heavy atom. The van der Waals surface area contributed by atoms with E-state index in [9.17, 15) is 4.79 Å². The molecule has 2 saturated heterocycles. The van der Waals surface area contributed by atoms with Crippen molar-refractivity contribution in [1.29, 1.82) is 0 Å². The quantitative estimate of drug-likeness (QED) is 0.840. The highest BCUT2D eigenvalue weighted by atomic mass is 16.2. The fraction of sp³-hybridized carbons (Fsp3) is 0.750. The van der Waals surface area contributed by atoms with Gasteiger partial charge in [0.1, 0.15) is 12.1 Å². The molecule has 0 bridgehead atoms. The number of aromatic nitrogens is 2. The molecule has 0 radical (unpaired) electrons. The molecule has 2 aliphatic heterocycles. The summed E-state index contributed by atoms with van der Waals surface area (Å²) in [5, 5.41) is 6.80. The minimum Gasteiger partial charge on any atom is -0.354 e. The van der Waals surface area contributed by atoms with Crippen molar-refractivity contribution in [3.8, 4) is 0 Å².